The molecule has 1 rings (SSSR count). The van der Waals surface area contributed by atoms with Crippen molar-refractivity contribution < 1.29 is 13.2 Å². The minimum atomic E-state index is -3.54. The number of likely N-dealkylation sites (N-methyl/N-ethyl adjacent to an activating group) is 1. The Balaban J connectivity index is 0.00000441. The number of carbonyl (C=O) groups excluding carboxylic acids is 1. The van der Waals surface area contributed by atoms with Crippen LogP contribution in [0.15, 0.2) is 29.2 Å². The van der Waals surface area contributed by atoms with Crippen LogP contribution in [0.1, 0.15) is 31.1 Å². The van der Waals surface area contributed by atoms with Crippen LogP contribution in [0.2, 0.25) is 0 Å². The molecule has 126 valence electrons. The molecular formula is C14H24ClN3O3S. The number of amides is 1. The van der Waals surface area contributed by atoms with Crippen molar-refractivity contribution in [3.8, 4) is 0 Å². The molecular weight excluding hydrogens is 326 g/mol. The second kappa shape index (κ2) is 8.47. The SMILES string of the molecule is CC(C)NS(=O)(=O)c1ccc(C(=O)N(C)C(C)CN)cc1.Cl. The Morgan fingerprint density at radius 3 is 2.14 bits per heavy atom. The Labute approximate surface area is 138 Å². The topological polar surface area (TPSA) is 92.5 Å². The first-order chi connectivity index (χ1) is 9.69. The van der Waals surface area contributed by atoms with Crippen molar-refractivity contribution in [2.75, 3.05) is 13.6 Å². The molecule has 0 aliphatic rings. The van der Waals surface area contributed by atoms with Crippen molar-refractivity contribution in [2.24, 2.45) is 5.73 Å². The number of nitrogens with zero attached hydrogens (tertiary/aromatic N) is 1. The fourth-order valence-electron chi connectivity index (χ4n) is 1.72. The number of sulfonamides is 1. The van der Waals surface area contributed by atoms with Crippen LogP contribution >= 0.6 is 12.4 Å². The van der Waals surface area contributed by atoms with Crippen LogP contribution in [0.5, 0.6) is 0 Å². The van der Waals surface area contributed by atoms with Crippen molar-refractivity contribution >= 4 is 28.3 Å². The normalized spacial score (nSPS) is 12.6. The number of benzene rings is 1. The average Bonchev–Trinajstić information content (AvgIpc) is 2.43. The van der Waals surface area contributed by atoms with Crippen molar-refractivity contribution in [1.29, 1.82) is 0 Å². The first-order valence-electron chi connectivity index (χ1n) is 6.78. The summed E-state index contributed by atoms with van der Waals surface area (Å²) in [5.74, 6) is -0.186. The van der Waals surface area contributed by atoms with Crippen LogP contribution in [0.3, 0.4) is 0 Å². The number of rotatable bonds is 6. The van der Waals surface area contributed by atoms with Crippen LogP contribution in [-0.4, -0.2) is 44.9 Å². The molecule has 0 bridgehead atoms. The summed E-state index contributed by atoms with van der Waals surface area (Å²) in [7, 11) is -1.87. The molecule has 0 aromatic heterocycles. The van der Waals surface area contributed by atoms with E-state index in [1.54, 1.807) is 20.9 Å². The smallest absolute Gasteiger partial charge is 0.253 e. The summed E-state index contributed by atoms with van der Waals surface area (Å²) < 4.78 is 26.5. The zero-order valence-electron chi connectivity index (χ0n) is 13.2. The molecule has 1 unspecified atom stereocenters. The highest BCUT2D eigenvalue weighted by atomic mass is 35.5. The molecule has 6 nitrogen and oxygen atoms in total. The largest absolute Gasteiger partial charge is 0.338 e. The number of halogens is 1. The summed E-state index contributed by atoms with van der Waals surface area (Å²) in [5.41, 5.74) is 5.97. The van der Waals surface area contributed by atoms with Gasteiger partial charge >= 0.3 is 0 Å². The van der Waals surface area contributed by atoms with Crippen LogP contribution in [-0.2, 0) is 10.0 Å². The van der Waals surface area contributed by atoms with Gasteiger partial charge in [0.2, 0.25) is 10.0 Å². The highest BCUT2D eigenvalue weighted by molar-refractivity contribution is 7.89. The molecule has 1 amide bonds. The second-order valence-electron chi connectivity index (χ2n) is 5.30. The van der Waals surface area contributed by atoms with E-state index in [-0.39, 0.29) is 35.3 Å². The van der Waals surface area contributed by atoms with Gasteiger partial charge in [-0.05, 0) is 45.0 Å². The maximum absolute atomic E-state index is 12.2. The molecule has 0 saturated carbocycles. The van der Waals surface area contributed by atoms with Gasteiger partial charge < -0.3 is 10.6 Å². The van der Waals surface area contributed by atoms with Gasteiger partial charge in [0, 0.05) is 31.2 Å². The van der Waals surface area contributed by atoms with E-state index in [0.29, 0.717) is 12.1 Å². The summed E-state index contributed by atoms with van der Waals surface area (Å²) in [6, 6.07) is 5.61. The molecule has 0 aliphatic carbocycles. The summed E-state index contributed by atoms with van der Waals surface area (Å²) in [4.78, 5) is 13.9. The monoisotopic (exact) mass is 349 g/mol. The minimum absolute atomic E-state index is 0. The molecule has 0 radical (unpaired) electrons. The van der Waals surface area contributed by atoms with Crippen LogP contribution in [0, 0.1) is 0 Å². The van der Waals surface area contributed by atoms with E-state index in [4.69, 9.17) is 5.73 Å². The Kier molecular flexibility index (Phi) is 8.03. The van der Waals surface area contributed by atoms with Crippen LogP contribution < -0.4 is 10.5 Å². The number of nitrogens with two attached hydrogens (primary N) is 1. The highest BCUT2D eigenvalue weighted by Crippen LogP contribution is 2.13. The predicted octanol–water partition coefficient (Wildman–Crippen LogP) is 1.21. The number of nitrogens with one attached hydrogen (secondary N) is 1. The molecule has 22 heavy (non-hydrogen) atoms. The number of carbonyl (C=O) groups is 1. The van der Waals surface area contributed by atoms with Gasteiger partial charge in [-0.1, -0.05) is 0 Å². The van der Waals surface area contributed by atoms with Crippen molar-refractivity contribution in [2.45, 2.75) is 37.8 Å². The predicted molar refractivity (Wildman–Crippen MR) is 89.8 cm³/mol. The highest BCUT2D eigenvalue weighted by Gasteiger charge is 2.19. The molecule has 8 heteroatoms. The van der Waals surface area contributed by atoms with E-state index < -0.39 is 10.0 Å². The van der Waals surface area contributed by atoms with Crippen molar-refractivity contribution in [3.05, 3.63) is 29.8 Å². The zero-order chi connectivity index (χ0) is 16.2. The lowest BCUT2D eigenvalue weighted by Gasteiger charge is -2.23. The van der Waals surface area contributed by atoms with E-state index >= 15 is 0 Å². The minimum Gasteiger partial charge on any atom is -0.338 e. The van der Waals surface area contributed by atoms with E-state index in [0.717, 1.165) is 0 Å². The van der Waals surface area contributed by atoms with Gasteiger partial charge in [0.05, 0.1) is 4.90 Å². The lowest BCUT2D eigenvalue weighted by Crippen LogP contribution is -2.39. The lowest BCUT2D eigenvalue weighted by molar-refractivity contribution is 0.0748. The van der Waals surface area contributed by atoms with E-state index in [1.807, 2.05) is 6.92 Å². The van der Waals surface area contributed by atoms with Gasteiger partial charge in [0.15, 0.2) is 0 Å². The molecule has 0 spiro atoms. The fraction of sp³-hybridized carbons (Fsp3) is 0.500. The van der Waals surface area contributed by atoms with Gasteiger partial charge in [-0.15, -0.1) is 12.4 Å². The Morgan fingerprint density at radius 1 is 1.23 bits per heavy atom. The van der Waals surface area contributed by atoms with Gasteiger partial charge in [0.25, 0.3) is 5.91 Å². The van der Waals surface area contributed by atoms with Crippen molar-refractivity contribution in [3.63, 3.8) is 0 Å². The third-order valence-corrected chi connectivity index (χ3v) is 4.80. The Hall–Kier alpha value is -1.15. The quantitative estimate of drug-likeness (QED) is 0.807. The lowest BCUT2D eigenvalue weighted by atomic mass is 10.2. The first-order valence-corrected chi connectivity index (χ1v) is 8.27. The zero-order valence-corrected chi connectivity index (χ0v) is 14.9. The van der Waals surface area contributed by atoms with E-state index in [2.05, 4.69) is 4.72 Å². The van der Waals surface area contributed by atoms with Gasteiger partial charge in [0.1, 0.15) is 0 Å². The standard InChI is InChI=1S/C14H23N3O3S.ClH/c1-10(2)16-21(19,20)13-7-5-12(6-8-13)14(18)17(4)11(3)9-15;/h5-8,10-11,16H,9,15H2,1-4H3;1H. The summed E-state index contributed by atoms with van der Waals surface area (Å²) >= 11 is 0. The third-order valence-electron chi connectivity index (χ3n) is 3.13. The fourth-order valence-corrected chi connectivity index (χ4v) is 2.97. The summed E-state index contributed by atoms with van der Waals surface area (Å²) in [6.07, 6.45) is 0. The maximum atomic E-state index is 12.2. The van der Waals surface area contributed by atoms with Crippen LogP contribution in [0.25, 0.3) is 0 Å². The Bertz CT molecular complexity index is 588. The van der Waals surface area contributed by atoms with Gasteiger partial charge in [-0.3, -0.25) is 4.79 Å². The number of hydrogen-bond donors (Lipinski definition) is 2. The molecule has 1 aromatic rings. The van der Waals surface area contributed by atoms with Gasteiger partial charge in [-0.2, -0.15) is 0 Å². The average molecular weight is 350 g/mol. The molecule has 3 N–H and O–H groups in total. The molecule has 0 heterocycles. The van der Waals surface area contributed by atoms with E-state index in [9.17, 15) is 13.2 Å². The Morgan fingerprint density at radius 2 is 1.73 bits per heavy atom. The van der Waals surface area contributed by atoms with Crippen LogP contribution in [0.4, 0.5) is 0 Å². The molecule has 0 fully saturated rings. The summed E-state index contributed by atoms with van der Waals surface area (Å²) in [5, 5.41) is 0. The first kappa shape index (κ1) is 20.9. The summed E-state index contributed by atoms with van der Waals surface area (Å²) in [6.45, 7) is 5.72. The number of hydrogen-bond acceptors (Lipinski definition) is 4. The molecule has 0 saturated heterocycles. The van der Waals surface area contributed by atoms with Gasteiger partial charge in [-0.25, -0.2) is 13.1 Å². The van der Waals surface area contributed by atoms with Crippen molar-refractivity contribution in [1.82, 2.24) is 9.62 Å². The maximum Gasteiger partial charge on any atom is 0.253 e. The third kappa shape index (κ3) is 5.24. The molecule has 1 aromatic carbocycles. The second-order valence-corrected chi connectivity index (χ2v) is 7.02. The molecule has 1 atom stereocenters. The molecule has 0 aliphatic heterocycles. The van der Waals surface area contributed by atoms with E-state index in [1.165, 1.54) is 29.2 Å².